The smallest absolute Gasteiger partial charge is 0.228 e. The van der Waals surface area contributed by atoms with Crippen molar-refractivity contribution in [1.82, 2.24) is 5.32 Å². The number of amides is 2. The van der Waals surface area contributed by atoms with Crippen molar-refractivity contribution in [1.29, 1.82) is 0 Å². The lowest BCUT2D eigenvalue weighted by atomic mass is 10.2. The first-order valence-corrected chi connectivity index (χ1v) is 7.74. The van der Waals surface area contributed by atoms with Gasteiger partial charge in [0.15, 0.2) is 0 Å². The zero-order valence-corrected chi connectivity index (χ0v) is 13.6. The van der Waals surface area contributed by atoms with Gasteiger partial charge in [-0.15, -0.1) is 0 Å². The highest BCUT2D eigenvalue weighted by molar-refractivity contribution is 6.30. The molecule has 0 spiro atoms. The molecule has 2 rings (SSSR count). The fourth-order valence-electron chi connectivity index (χ4n) is 2.33. The van der Waals surface area contributed by atoms with Gasteiger partial charge in [-0.1, -0.05) is 11.6 Å². The Kier molecular flexibility index (Phi) is 5.80. The maximum absolute atomic E-state index is 12.2. The molecule has 1 saturated carbocycles. The average molecular weight is 325 g/mol. The van der Waals surface area contributed by atoms with Crippen LogP contribution in [0.15, 0.2) is 18.2 Å². The summed E-state index contributed by atoms with van der Waals surface area (Å²) in [5, 5.41) is 6.33. The number of ether oxygens (including phenoxy) is 1. The number of benzene rings is 1. The zero-order valence-electron chi connectivity index (χ0n) is 12.8. The van der Waals surface area contributed by atoms with E-state index < -0.39 is 0 Å². The molecule has 0 radical (unpaired) electrons. The molecule has 5 nitrogen and oxygen atoms in total. The molecule has 1 aromatic carbocycles. The molecule has 6 heteroatoms. The van der Waals surface area contributed by atoms with Gasteiger partial charge >= 0.3 is 0 Å². The zero-order chi connectivity index (χ0) is 16.1. The van der Waals surface area contributed by atoms with Gasteiger partial charge in [0.25, 0.3) is 0 Å². The molecule has 0 bridgehead atoms. The van der Waals surface area contributed by atoms with Crippen LogP contribution in [0, 0.1) is 18.8 Å². The van der Waals surface area contributed by atoms with E-state index in [4.69, 9.17) is 16.3 Å². The number of carbonyl (C=O) groups excluding carboxylic acids is 2. The maximum atomic E-state index is 12.2. The number of hydrogen-bond acceptors (Lipinski definition) is 3. The fraction of sp³-hybridized carbons (Fsp3) is 0.500. The van der Waals surface area contributed by atoms with E-state index in [1.165, 1.54) is 0 Å². The Morgan fingerprint density at radius 1 is 1.32 bits per heavy atom. The molecule has 0 heterocycles. The Morgan fingerprint density at radius 2 is 2.05 bits per heavy atom. The van der Waals surface area contributed by atoms with Crippen molar-refractivity contribution in [2.24, 2.45) is 11.8 Å². The van der Waals surface area contributed by atoms with Crippen molar-refractivity contribution in [3.63, 3.8) is 0 Å². The molecule has 120 valence electrons. The minimum atomic E-state index is -0.238. The van der Waals surface area contributed by atoms with E-state index in [0.717, 1.165) is 17.7 Å². The van der Waals surface area contributed by atoms with Crippen LogP contribution < -0.4 is 10.6 Å². The van der Waals surface area contributed by atoms with E-state index >= 15 is 0 Å². The Hall–Kier alpha value is -1.59. The third-order valence-corrected chi connectivity index (χ3v) is 3.97. The highest BCUT2D eigenvalue weighted by atomic mass is 35.5. The molecule has 1 aromatic rings. The number of halogens is 1. The first-order valence-electron chi connectivity index (χ1n) is 7.36. The Bertz CT molecular complexity index is 562. The van der Waals surface area contributed by atoms with Crippen LogP contribution in [0.3, 0.4) is 0 Å². The second kappa shape index (κ2) is 7.61. The van der Waals surface area contributed by atoms with Gasteiger partial charge in [-0.25, -0.2) is 0 Å². The van der Waals surface area contributed by atoms with Gasteiger partial charge in [-0.05, 0) is 43.5 Å². The Balaban J connectivity index is 1.79. The van der Waals surface area contributed by atoms with Crippen LogP contribution in [0.2, 0.25) is 5.02 Å². The SMILES string of the molecule is COCCCNC(=O)C1CC1C(=O)Nc1ccc(Cl)cc1C. The van der Waals surface area contributed by atoms with E-state index in [-0.39, 0.29) is 23.7 Å². The maximum Gasteiger partial charge on any atom is 0.228 e. The van der Waals surface area contributed by atoms with E-state index in [1.807, 2.05) is 6.92 Å². The number of nitrogens with one attached hydrogen (secondary N) is 2. The Morgan fingerprint density at radius 3 is 2.73 bits per heavy atom. The molecule has 22 heavy (non-hydrogen) atoms. The second-order valence-electron chi connectivity index (χ2n) is 5.53. The van der Waals surface area contributed by atoms with Crippen molar-refractivity contribution in [3.8, 4) is 0 Å². The number of hydrogen-bond donors (Lipinski definition) is 2. The molecule has 0 aromatic heterocycles. The summed E-state index contributed by atoms with van der Waals surface area (Å²) < 4.78 is 4.92. The van der Waals surface area contributed by atoms with E-state index in [2.05, 4.69) is 10.6 Å². The largest absolute Gasteiger partial charge is 0.385 e. The number of anilines is 1. The molecule has 2 atom stereocenters. The first-order chi connectivity index (χ1) is 10.5. The molecule has 1 fully saturated rings. The molecule has 0 saturated heterocycles. The number of carbonyl (C=O) groups is 2. The van der Waals surface area contributed by atoms with Crippen LogP contribution in [0.5, 0.6) is 0 Å². The normalized spacial score (nSPS) is 19.6. The van der Waals surface area contributed by atoms with Gasteiger partial charge in [-0.3, -0.25) is 9.59 Å². The molecule has 1 aliphatic carbocycles. The van der Waals surface area contributed by atoms with Crippen molar-refractivity contribution in [2.75, 3.05) is 25.6 Å². The summed E-state index contributed by atoms with van der Waals surface area (Å²) in [5.74, 6) is -0.612. The number of aryl methyl sites for hydroxylation is 1. The van der Waals surface area contributed by atoms with Crippen LogP contribution in [0.1, 0.15) is 18.4 Å². The van der Waals surface area contributed by atoms with Crippen LogP contribution in [0.25, 0.3) is 0 Å². The molecular formula is C16H21ClN2O3. The van der Waals surface area contributed by atoms with Gasteiger partial charge in [-0.2, -0.15) is 0 Å². The molecule has 1 aliphatic rings. The quantitative estimate of drug-likeness (QED) is 0.757. The number of methoxy groups -OCH3 is 1. The third kappa shape index (κ3) is 4.45. The van der Waals surface area contributed by atoms with Crippen LogP contribution >= 0.6 is 11.6 Å². The molecule has 0 aliphatic heterocycles. The predicted octanol–water partition coefficient (Wildman–Crippen LogP) is 2.38. The minimum Gasteiger partial charge on any atom is -0.385 e. The predicted molar refractivity (Wildman–Crippen MR) is 85.9 cm³/mol. The summed E-state index contributed by atoms with van der Waals surface area (Å²) in [4.78, 5) is 24.1. The number of rotatable bonds is 7. The van der Waals surface area contributed by atoms with Gasteiger partial charge < -0.3 is 15.4 Å². The van der Waals surface area contributed by atoms with Crippen LogP contribution in [-0.2, 0) is 14.3 Å². The van der Waals surface area contributed by atoms with Crippen LogP contribution in [-0.4, -0.2) is 32.1 Å². The van der Waals surface area contributed by atoms with Crippen LogP contribution in [0.4, 0.5) is 5.69 Å². The van der Waals surface area contributed by atoms with E-state index in [0.29, 0.717) is 24.6 Å². The highest BCUT2D eigenvalue weighted by Crippen LogP contribution is 2.39. The summed E-state index contributed by atoms with van der Waals surface area (Å²) in [5.41, 5.74) is 1.64. The van der Waals surface area contributed by atoms with E-state index in [1.54, 1.807) is 25.3 Å². The lowest BCUT2D eigenvalue weighted by Gasteiger charge is -2.09. The van der Waals surface area contributed by atoms with Gasteiger partial charge in [0, 0.05) is 31.0 Å². The Labute approximate surface area is 135 Å². The standard InChI is InChI=1S/C16H21ClN2O3/c1-10-8-11(17)4-5-14(10)19-16(21)13-9-12(13)15(20)18-6-3-7-22-2/h4-5,8,12-13H,3,6-7,9H2,1-2H3,(H,18,20)(H,19,21). The summed E-state index contributed by atoms with van der Waals surface area (Å²) in [6, 6.07) is 5.30. The summed E-state index contributed by atoms with van der Waals surface area (Å²) in [6.45, 7) is 3.08. The molecular weight excluding hydrogens is 304 g/mol. The van der Waals surface area contributed by atoms with E-state index in [9.17, 15) is 9.59 Å². The molecule has 2 unspecified atom stereocenters. The van der Waals surface area contributed by atoms with Crippen molar-refractivity contribution in [2.45, 2.75) is 19.8 Å². The van der Waals surface area contributed by atoms with Gasteiger partial charge in [0.2, 0.25) is 11.8 Å². The second-order valence-corrected chi connectivity index (χ2v) is 5.97. The lowest BCUT2D eigenvalue weighted by Crippen LogP contribution is -2.28. The summed E-state index contributed by atoms with van der Waals surface area (Å²) in [6.07, 6.45) is 1.38. The first kappa shape index (κ1) is 16.8. The third-order valence-electron chi connectivity index (χ3n) is 3.73. The molecule has 2 N–H and O–H groups in total. The summed E-state index contributed by atoms with van der Waals surface area (Å²) in [7, 11) is 1.63. The van der Waals surface area contributed by atoms with Crippen molar-refractivity contribution < 1.29 is 14.3 Å². The monoisotopic (exact) mass is 324 g/mol. The topological polar surface area (TPSA) is 67.4 Å². The summed E-state index contributed by atoms with van der Waals surface area (Å²) >= 11 is 5.89. The fourth-order valence-corrected chi connectivity index (χ4v) is 2.55. The van der Waals surface area contributed by atoms with Crippen molar-refractivity contribution in [3.05, 3.63) is 28.8 Å². The van der Waals surface area contributed by atoms with Gasteiger partial charge in [0.05, 0.1) is 11.8 Å². The molecule has 2 amide bonds. The lowest BCUT2D eigenvalue weighted by molar-refractivity contribution is -0.125. The van der Waals surface area contributed by atoms with Crippen molar-refractivity contribution >= 4 is 29.1 Å². The average Bonchev–Trinajstić information content (AvgIpc) is 3.27. The highest BCUT2D eigenvalue weighted by Gasteiger charge is 2.47. The van der Waals surface area contributed by atoms with Gasteiger partial charge in [0.1, 0.15) is 0 Å². The minimum absolute atomic E-state index is 0.0518.